The van der Waals surface area contributed by atoms with Gasteiger partial charge in [-0.05, 0) is 42.5 Å². The maximum Gasteiger partial charge on any atom is 0.248 e. The molecule has 0 saturated carbocycles. The standard InChI is InChI=1S/C22H31N3O2/c1-18-7-4-5-8-20(18)15-24-13-19(10-12-27-17-22(26)23(2)3)14-25-11-6-9-21(25)16-24/h4-9,11,19H,10,12-17H2,1-3H3/t19-/m1/s1. The molecule has 0 unspecified atom stereocenters. The maximum absolute atomic E-state index is 11.7. The van der Waals surface area contributed by atoms with Crippen molar-refractivity contribution >= 4 is 5.91 Å². The summed E-state index contributed by atoms with van der Waals surface area (Å²) in [7, 11) is 3.52. The molecule has 1 aliphatic rings. The first kappa shape index (κ1) is 19.6. The van der Waals surface area contributed by atoms with E-state index in [0.717, 1.165) is 32.6 Å². The summed E-state index contributed by atoms with van der Waals surface area (Å²) < 4.78 is 7.99. The fourth-order valence-corrected chi connectivity index (χ4v) is 3.64. The number of rotatable bonds is 7. The van der Waals surface area contributed by atoms with Crippen LogP contribution in [-0.2, 0) is 29.2 Å². The van der Waals surface area contributed by atoms with Gasteiger partial charge in [0.25, 0.3) is 0 Å². The SMILES string of the molecule is Cc1ccccc1CN1Cc2cccn2C[C@H](CCOCC(=O)N(C)C)C1. The average Bonchev–Trinajstić information content (AvgIpc) is 2.99. The summed E-state index contributed by atoms with van der Waals surface area (Å²) in [6.07, 6.45) is 3.14. The molecule has 1 aliphatic heterocycles. The zero-order valence-electron chi connectivity index (χ0n) is 16.7. The minimum atomic E-state index is 0.0183. The second-order valence-corrected chi connectivity index (χ2v) is 7.74. The van der Waals surface area contributed by atoms with Crippen molar-refractivity contribution in [1.82, 2.24) is 14.4 Å². The summed E-state index contributed by atoms with van der Waals surface area (Å²) in [6, 6.07) is 13.0. The summed E-state index contributed by atoms with van der Waals surface area (Å²) in [6.45, 7) is 6.97. The van der Waals surface area contributed by atoms with Gasteiger partial charge in [0.2, 0.25) is 5.91 Å². The van der Waals surface area contributed by atoms with Crippen LogP contribution in [0.25, 0.3) is 0 Å². The summed E-state index contributed by atoms with van der Waals surface area (Å²) >= 11 is 0. The molecule has 27 heavy (non-hydrogen) atoms. The molecule has 1 amide bonds. The lowest BCUT2D eigenvalue weighted by atomic mass is 10.0. The molecule has 2 aromatic rings. The Balaban J connectivity index is 1.61. The molecule has 0 radical (unpaired) electrons. The van der Waals surface area contributed by atoms with E-state index in [0.29, 0.717) is 12.5 Å². The van der Waals surface area contributed by atoms with Crippen LogP contribution < -0.4 is 0 Å². The molecule has 1 aromatic carbocycles. The van der Waals surface area contributed by atoms with Crippen molar-refractivity contribution in [2.75, 3.05) is 33.9 Å². The van der Waals surface area contributed by atoms with Crippen LogP contribution in [0.3, 0.4) is 0 Å². The monoisotopic (exact) mass is 369 g/mol. The Morgan fingerprint density at radius 3 is 2.78 bits per heavy atom. The molecule has 2 heterocycles. The van der Waals surface area contributed by atoms with Gasteiger partial charge in [0.15, 0.2) is 0 Å². The molecule has 1 aromatic heterocycles. The Labute approximate surface area is 162 Å². The fourth-order valence-electron chi connectivity index (χ4n) is 3.64. The van der Waals surface area contributed by atoms with Gasteiger partial charge >= 0.3 is 0 Å². The third-order valence-corrected chi connectivity index (χ3v) is 5.33. The van der Waals surface area contributed by atoms with Crippen LogP contribution in [0.1, 0.15) is 23.2 Å². The molecule has 146 valence electrons. The summed E-state index contributed by atoms with van der Waals surface area (Å²) in [5.74, 6) is 0.530. The van der Waals surface area contributed by atoms with E-state index in [1.807, 2.05) is 0 Å². The molecule has 0 N–H and O–H groups in total. The Morgan fingerprint density at radius 2 is 2.00 bits per heavy atom. The highest BCUT2D eigenvalue weighted by atomic mass is 16.5. The van der Waals surface area contributed by atoms with Crippen molar-refractivity contribution in [2.24, 2.45) is 5.92 Å². The molecule has 5 nitrogen and oxygen atoms in total. The number of aromatic nitrogens is 1. The number of hydrogen-bond acceptors (Lipinski definition) is 3. The lowest BCUT2D eigenvalue weighted by Gasteiger charge is -2.25. The minimum absolute atomic E-state index is 0.0183. The number of likely N-dealkylation sites (N-methyl/N-ethyl adjacent to an activating group) is 1. The molecule has 0 saturated heterocycles. The lowest BCUT2D eigenvalue weighted by Crippen LogP contribution is -2.29. The first-order valence-electron chi connectivity index (χ1n) is 9.71. The van der Waals surface area contributed by atoms with E-state index in [2.05, 4.69) is 59.0 Å². The van der Waals surface area contributed by atoms with E-state index in [4.69, 9.17) is 4.74 Å². The Bertz CT molecular complexity index is 754. The largest absolute Gasteiger partial charge is 0.372 e. The molecule has 1 atom stereocenters. The summed E-state index contributed by atoms with van der Waals surface area (Å²) in [5.41, 5.74) is 4.11. The number of hydrogen-bond donors (Lipinski definition) is 0. The van der Waals surface area contributed by atoms with Crippen molar-refractivity contribution in [2.45, 2.75) is 33.0 Å². The summed E-state index contributed by atoms with van der Waals surface area (Å²) in [5, 5.41) is 0. The van der Waals surface area contributed by atoms with Gasteiger partial charge in [0.1, 0.15) is 6.61 Å². The van der Waals surface area contributed by atoms with Crippen LogP contribution in [0.5, 0.6) is 0 Å². The Hall–Kier alpha value is -2.11. The zero-order chi connectivity index (χ0) is 19.2. The highest BCUT2D eigenvalue weighted by Crippen LogP contribution is 2.22. The lowest BCUT2D eigenvalue weighted by molar-refractivity contribution is -0.133. The molecule has 3 rings (SSSR count). The quantitative estimate of drug-likeness (QED) is 0.705. The normalized spacial score (nSPS) is 17.4. The van der Waals surface area contributed by atoms with Gasteiger partial charge in [-0.3, -0.25) is 9.69 Å². The first-order chi connectivity index (χ1) is 13.0. The minimum Gasteiger partial charge on any atom is -0.372 e. The van der Waals surface area contributed by atoms with Gasteiger partial charge < -0.3 is 14.2 Å². The third-order valence-electron chi connectivity index (χ3n) is 5.33. The van der Waals surface area contributed by atoms with Gasteiger partial charge in [-0.2, -0.15) is 0 Å². The van der Waals surface area contributed by atoms with E-state index in [1.54, 1.807) is 19.0 Å². The third kappa shape index (κ3) is 5.44. The summed E-state index contributed by atoms with van der Waals surface area (Å²) in [4.78, 5) is 15.8. The smallest absolute Gasteiger partial charge is 0.248 e. The van der Waals surface area contributed by atoms with Crippen molar-refractivity contribution in [3.8, 4) is 0 Å². The molecule has 0 spiro atoms. The first-order valence-corrected chi connectivity index (χ1v) is 9.71. The number of amides is 1. The van der Waals surface area contributed by atoms with Crippen LogP contribution in [0, 0.1) is 12.8 Å². The van der Waals surface area contributed by atoms with Crippen molar-refractivity contribution in [1.29, 1.82) is 0 Å². The van der Waals surface area contributed by atoms with Gasteiger partial charge in [-0.1, -0.05) is 24.3 Å². The molecule has 0 aliphatic carbocycles. The molecule has 5 heteroatoms. The average molecular weight is 370 g/mol. The number of fused-ring (bicyclic) bond motifs is 1. The van der Waals surface area contributed by atoms with Crippen molar-refractivity contribution < 1.29 is 9.53 Å². The van der Waals surface area contributed by atoms with Crippen LogP contribution in [-0.4, -0.2) is 54.1 Å². The number of ether oxygens (including phenoxy) is 1. The number of nitrogens with zero attached hydrogens (tertiary/aromatic N) is 3. The van der Waals surface area contributed by atoms with E-state index < -0.39 is 0 Å². The topological polar surface area (TPSA) is 37.7 Å². The Morgan fingerprint density at radius 1 is 1.19 bits per heavy atom. The molecular weight excluding hydrogens is 338 g/mol. The van der Waals surface area contributed by atoms with Crippen LogP contribution >= 0.6 is 0 Å². The highest BCUT2D eigenvalue weighted by molar-refractivity contribution is 5.76. The number of carbonyl (C=O) groups excluding carboxylic acids is 1. The number of carbonyl (C=O) groups is 1. The zero-order valence-corrected chi connectivity index (χ0v) is 16.7. The highest BCUT2D eigenvalue weighted by Gasteiger charge is 2.22. The van der Waals surface area contributed by atoms with Gasteiger partial charge in [-0.15, -0.1) is 0 Å². The van der Waals surface area contributed by atoms with Crippen molar-refractivity contribution in [3.63, 3.8) is 0 Å². The Kier molecular flexibility index (Phi) is 6.69. The second-order valence-electron chi connectivity index (χ2n) is 7.74. The predicted molar refractivity (Wildman–Crippen MR) is 107 cm³/mol. The molecule has 0 fully saturated rings. The predicted octanol–water partition coefficient (Wildman–Crippen LogP) is 2.92. The van der Waals surface area contributed by atoms with Crippen molar-refractivity contribution in [3.05, 3.63) is 59.4 Å². The number of benzene rings is 1. The fraction of sp³-hybridized carbons (Fsp3) is 0.500. The van der Waals surface area contributed by atoms with Gasteiger partial charge in [-0.25, -0.2) is 0 Å². The van der Waals surface area contributed by atoms with E-state index in [1.165, 1.54) is 16.8 Å². The van der Waals surface area contributed by atoms with Crippen LogP contribution in [0.4, 0.5) is 0 Å². The molecule has 0 bridgehead atoms. The van der Waals surface area contributed by atoms with Gasteiger partial charge in [0, 0.05) is 58.8 Å². The van der Waals surface area contributed by atoms with E-state index in [9.17, 15) is 4.79 Å². The van der Waals surface area contributed by atoms with Gasteiger partial charge in [0.05, 0.1) is 0 Å². The maximum atomic E-state index is 11.7. The van der Waals surface area contributed by atoms with E-state index in [-0.39, 0.29) is 12.5 Å². The second kappa shape index (κ2) is 9.20. The number of aryl methyl sites for hydroxylation is 1. The van der Waals surface area contributed by atoms with E-state index >= 15 is 0 Å². The van der Waals surface area contributed by atoms with Crippen LogP contribution in [0.15, 0.2) is 42.6 Å². The molecular formula is C22H31N3O2. The van der Waals surface area contributed by atoms with Crippen LogP contribution in [0.2, 0.25) is 0 Å².